The van der Waals surface area contributed by atoms with Crippen LogP contribution >= 0.6 is 0 Å². The first-order valence-corrected chi connectivity index (χ1v) is 11.3. The molecule has 0 bridgehead atoms. The zero-order valence-corrected chi connectivity index (χ0v) is 20.0. The third-order valence-corrected chi connectivity index (χ3v) is 5.32. The molecule has 0 radical (unpaired) electrons. The molecule has 0 amide bonds. The summed E-state index contributed by atoms with van der Waals surface area (Å²) in [5.41, 5.74) is 8.18. The Morgan fingerprint density at radius 1 is 0.935 bits per heavy atom. The second kappa shape index (κ2) is 12.2. The highest BCUT2D eigenvalue weighted by atomic mass is 15.3. The lowest BCUT2D eigenvalue weighted by atomic mass is 10.1. The fourth-order valence-corrected chi connectivity index (χ4v) is 3.59. The average molecular weight is 418 g/mol. The van der Waals surface area contributed by atoms with Gasteiger partial charge in [0, 0.05) is 49.8 Å². The van der Waals surface area contributed by atoms with Crippen molar-refractivity contribution in [3.05, 3.63) is 95.3 Å². The lowest BCUT2D eigenvalue weighted by molar-refractivity contribution is 0.156. The Balaban J connectivity index is 0.00000166. The van der Waals surface area contributed by atoms with Gasteiger partial charge in [-0.15, -0.1) is 0 Å². The van der Waals surface area contributed by atoms with Gasteiger partial charge in [0.1, 0.15) is 0 Å². The largest absolute Gasteiger partial charge is 0.369 e. The minimum atomic E-state index is 0.939. The molecule has 0 unspecified atom stereocenters. The number of nitrogens with one attached hydrogen (secondary N) is 1. The number of nitrogens with zero attached hydrogens (tertiary/aromatic N) is 2. The summed E-state index contributed by atoms with van der Waals surface area (Å²) in [4.78, 5) is 4.90. The Labute approximate surface area is 189 Å². The summed E-state index contributed by atoms with van der Waals surface area (Å²) in [6.07, 6.45) is 4.27. The number of rotatable bonds is 7. The van der Waals surface area contributed by atoms with Gasteiger partial charge in [-0.1, -0.05) is 75.0 Å². The number of piperazine rings is 1. The van der Waals surface area contributed by atoms with Crippen LogP contribution in [-0.4, -0.2) is 36.0 Å². The van der Waals surface area contributed by atoms with Crippen LogP contribution in [0.4, 0.5) is 5.69 Å². The second-order valence-corrected chi connectivity index (χ2v) is 8.07. The van der Waals surface area contributed by atoms with Crippen molar-refractivity contribution in [3.63, 3.8) is 0 Å². The molecule has 1 heterocycles. The van der Waals surface area contributed by atoms with E-state index in [1.807, 2.05) is 20.8 Å². The van der Waals surface area contributed by atoms with E-state index in [4.69, 9.17) is 0 Å². The highest BCUT2D eigenvalue weighted by Crippen LogP contribution is 2.22. The lowest BCUT2D eigenvalue weighted by Gasteiger charge is -2.36. The normalized spacial score (nSPS) is 14.2. The zero-order valence-electron chi connectivity index (χ0n) is 20.0. The highest BCUT2D eigenvalue weighted by molar-refractivity contribution is 5.69. The topological polar surface area (TPSA) is 18.5 Å². The maximum absolute atomic E-state index is 4.30. The fraction of sp³-hybridized carbons (Fsp3) is 0.357. The third-order valence-electron chi connectivity index (χ3n) is 5.32. The maximum Gasteiger partial charge on any atom is 0.0457 e. The molecule has 1 N–H and O–H groups in total. The van der Waals surface area contributed by atoms with Gasteiger partial charge in [0.25, 0.3) is 0 Å². The van der Waals surface area contributed by atoms with Gasteiger partial charge < -0.3 is 10.2 Å². The summed E-state index contributed by atoms with van der Waals surface area (Å²) in [5.74, 6) is 0. The lowest BCUT2D eigenvalue weighted by Crippen LogP contribution is -2.44. The molecule has 1 aliphatic rings. The summed E-state index contributed by atoms with van der Waals surface area (Å²) in [5, 5.41) is 3.35. The van der Waals surface area contributed by atoms with Crippen LogP contribution in [-0.2, 0) is 6.54 Å². The van der Waals surface area contributed by atoms with Gasteiger partial charge in [-0.2, -0.15) is 0 Å². The highest BCUT2D eigenvalue weighted by Gasteiger charge is 2.17. The third kappa shape index (κ3) is 7.76. The first-order valence-electron chi connectivity index (χ1n) is 11.3. The second-order valence-electron chi connectivity index (χ2n) is 8.07. The summed E-state index contributed by atoms with van der Waals surface area (Å²) in [6, 6.07) is 15.3. The number of allylic oxidation sites excluding steroid dienone is 2. The summed E-state index contributed by atoms with van der Waals surface area (Å²) in [6.45, 7) is 23.7. The van der Waals surface area contributed by atoms with Crippen LogP contribution in [0.2, 0.25) is 0 Å². The predicted molar refractivity (Wildman–Crippen MR) is 137 cm³/mol. The van der Waals surface area contributed by atoms with Crippen molar-refractivity contribution in [2.45, 2.75) is 41.2 Å². The van der Waals surface area contributed by atoms with Crippen molar-refractivity contribution < 1.29 is 0 Å². The van der Waals surface area contributed by atoms with Crippen LogP contribution < -0.4 is 5.32 Å². The molecule has 1 aliphatic heterocycles. The Kier molecular flexibility index (Phi) is 9.61. The van der Waals surface area contributed by atoms with E-state index in [1.165, 1.54) is 16.7 Å². The van der Waals surface area contributed by atoms with E-state index < -0.39 is 0 Å². The van der Waals surface area contributed by atoms with Crippen LogP contribution in [0, 0.1) is 13.8 Å². The van der Waals surface area contributed by atoms with Crippen LogP contribution in [0.3, 0.4) is 0 Å². The van der Waals surface area contributed by atoms with Crippen LogP contribution in [0.15, 0.2) is 73.1 Å². The van der Waals surface area contributed by atoms with E-state index in [1.54, 1.807) is 0 Å². The molecule has 31 heavy (non-hydrogen) atoms. The number of hydrogen-bond acceptors (Lipinski definition) is 3. The van der Waals surface area contributed by atoms with Crippen molar-refractivity contribution in [2.75, 3.05) is 31.5 Å². The van der Waals surface area contributed by atoms with E-state index in [0.29, 0.717) is 0 Å². The molecule has 3 heteroatoms. The van der Waals surface area contributed by atoms with Crippen LogP contribution in [0.5, 0.6) is 0 Å². The minimum absolute atomic E-state index is 0.939. The van der Waals surface area contributed by atoms with Gasteiger partial charge in [-0.05, 0) is 49.6 Å². The molecule has 0 aromatic heterocycles. The zero-order chi connectivity index (χ0) is 22.8. The Morgan fingerprint density at radius 2 is 1.55 bits per heavy atom. The van der Waals surface area contributed by atoms with Crippen molar-refractivity contribution in [1.82, 2.24) is 9.80 Å². The van der Waals surface area contributed by atoms with Crippen molar-refractivity contribution >= 4 is 11.8 Å². The molecule has 0 saturated carbocycles. The Hall–Kier alpha value is -2.78. The number of hydrogen-bond donors (Lipinski definition) is 1. The Bertz CT molecular complexity index is 885. The molecule has 3 nitrogen and oxygen atoms in total. The fourth-order valence-electron chi connectivity index (χ4n) is 3.59. The SMILES string of the molecule is C=C(C)Nc1cc(C)ccc1/C=C/C(=C)N1CCN(Cc2ccc(C)cc2)CC1.CC. The summed E-state index contributed by atoms with van der Waals surface area (Å²) >= 11 is 0. The molecular weight excluding hydrogens is 378 g/mol. The molecule has 1 saturated heterocycles. The van der Waals surface area contributed by atoms with Crippen LogP contribution in [0.1, 0.15) is 43.0 Å². The average Bonchev–Trinajstić information content (AvgIpc) is 2.76. The van der Waals surface area contributed by atoms with Gasteiger partial charge in [0.05, 0.1) is 0 Å². The van der Waals surface area contributed by atoms with E-state index in [9.17, 15) is 0 Å². The molecule has 2 aromatic carbocycles. The molecule has 2 aromatic rings. The molecule has 0 spiro atoms. The van der Waals surface area contributed by atoms with Gasteiger partial charge in [-0.25, -0.2) is 0 Å². The van der Waals surface area contributed by atoms with E-state index in [0.717, 1.165) is 55.4 Å². The van der Waals surface area contributed by atoms with E-state index in [2.05, 4.69) is 96.7 Å². The number of benzene rings is 2. The molecule has 0 aliphatic carbocycles. The smallest absolute Gasteiger partial charge is 0.0457 e. The Morgan fingerprint density at radius 3 is 2.16 bits per heavy atom. The van der Waals surface area contributed by atoms with Gasteiger partial charge in [0.15, 0.2) is 0 Å². The monoisotopic (exact) mass is 417 g/mol. The quantitative estimate of drug-likeness (QED) is 0.511. The number of aryl methyl sites for hydroxylation is 2. The molecule has 1 fully saturated rings. The first-order chi connectivity index (χ1) is 14.9. The summed E-state index contributed by atoms with van der Waals surface area (Å²) < 4.78 is 0. The van der Waals surface area contributed by atoms with Crippen molar-refractivity contribution in [2.24, 2.45) is 0 Å². The predicted octanol–water partition coefficient (Wildman–Crippen LogP) is 6.62. The van der Waals surface area contributed by atoms with Gasteiger partial charge in [0.2, 0.25) is 0 Å². The molecular formula is C28H39N3. The minimum Gasteiger partial charge on any atom is -0.369 e. The first kappa shape index (κ1) is 24.5. The van der Waals surface area contributed by atoms with Gasteiger partial charge in [-0.3, -0.25) is 4.90 Å². The standard InChI is InChI=1S/C26H33N3.C2H6/c1-20(2)27-26-18-22(4)8-12-25(26)13-9-23(5)29-16-14-28(15-17-29)19-24-10-6-21(3)7-11-24;1-2/h6-13,18,27H,1,5,14-17,19H2,2-4H3;1-2H3/b13-9+;. The van der Waals surface area contributed by atoms with Crippen LogP contribution in [0.25, 0.3) is 6.08 Å². The van der Waals surface area contributed by atoms with E-state index in [-0.39, 0.29) is 0 Å². The molecule has 3 rings (SSSR count). The van der Waals surface area contributed by atoms with Crippen molar-refractivity contribution in [3.8, 4) is 0 Å². The maximum atomic E-state index is 4.30. The van der Waals surface area contributed by atoms with Gasteiger partial charge >= 0.3 is 0 Å². The molecule has 166 valence electrons. The number of anilines is 1. The van der Waals surface area contributed by atoms with E-state index >= 15 is 0 Å². The molecule has 0 atom stereocenters. The van der Waals surface area contributed by atoms with Crippen molar-refractivity contribution in [1.29, 1.82) is 0 Å². The summed E-state index contributed by atoms with van der Waals surface area (Å²) in [7, 11) is 0.